The highest BCUT2D eigenvalue weighted by Gasteiger charge is 2.29. The Morgan fingerprint density at radius 2 is 2.41 bits per heavy atom. The molecule has 1 fully saturated rings. The van der Waals surface area contributed by atoms with Crippen LogP contribution in [0.25, 0.3) is 0 Å². The smallest absolute Gasteiger partial charge is 0.435 e. The molecule has 0 bridgehead atoms. The number of piperidine rings is 1. The molecule has 0 saturated carbocycles. The van der Waals surface area contributed by atoms with Crippen molar-refractivity contribution in [2.45, 2.75) is 38.3 Å². The fraction of sp³-hybridized carbons (Fsp3) is 0.667. The van der Waals surface area contributed by atoms with Crippen LogP contribution in [0.5, 0.6) is 0 Å². The Hall–Kier alpha value is -1.54. The van der Waals surface area contributed by atoms with Crippen molar-refractivity contribution in [3.05, 3.63) is 12.2 Å². The predicted molar refractivity (Wildman–Crippen MR) is 62.3 cm³/mol. The zero-order chi connectivity index (χ0) is 12.7. The molecule has 5 nitrogen and oxygen atoms in total. The van der Waals surface area contributed by atoms with Crippen molar-refractivity contribution >= 4 is 6.16 Å². The highest BCUT2D eigenvalue weighted by atomic mass is 16.7. The van der Waals surface area contributed by atoms with Crippen LogP contribution >= 0.6 is 0 Å². The molecule has 94 valence electrons. The Labute approximate surface area is 101 Å². The van der Waals surface area contributed by atoms with Gasteiger partial charge in [-0.1, -0.05) is 13.0 Å². The van der Waals surface area contributed by atoms with E-state index in [0.29, 0.717) is 0 Å². The molecule has 0 radical (unpaired) electrons. The maximum atomic E-state index is 11.3. The molecule has 1 heterocycles. The molecule has 2 atom stereocenters. The van der Waals surface area contributed by atoms with E-state index in [2.05, 4.69) is 11.9 Å². The van der Waals surface area contributed by atoms with Gasteiger partial charge in [0.15, 0.2) is 6.10 Å². The topological polar surface area (TPSA) is 71.3 Å². The monoisotopic (exact) mass is 238 g/mol. The molecule has 0 aromatic heterocycles. The lowest BCUT2D eigenvalue weighted by Crippen LogP contribution is -2.45. The molecule has 0 aromatic carbocycles. The van der Waals surface area contributed by atoms with E-state index in [9.17, 15) is 4.79 Å². The first-order chi connectivity index (χ1) is 8.19. The van der Waals surface area contributed by atoms with Gasteiger partial charge < -0.3 is 14.8 Å². The van der Waals surface area contributed by atoms with Gasteiger partial charge >= 0.3 is 6.16 Å². The fourth-order valence-corrected chi connectivity index (χ4v) is 1.85. The molecular formula is C12H18N2O3. The van der Waals surface area contributed by atoms with Gasteiger partial charge in [0.2, 0.25) is 0 Å². The molecule has 1 aliphatic heterocycles. The molecule has 2 unspecified atom stereocenters. The SMILES string of the molecule is C=C(C#N)C(OC(=O)OCC)C1CCCCN1. The first-order valence-corrected chi connectivity index (χ1v) is 5.84. The molecule has 0 spiro atoms. The number of nitriles is 1. The number of carbonyl (C=O) groups is 1. The molecule has 1 rings (SSSR count). The van der Waals surface area contributed by atoms with Crippen LogP contribution in [-0.2, 0) is 9.47 Å². The summed E-state index contributed by atoms with van der Waals surface area (Å²) in [5.74, 6) is 0. The number of hydrogen-bond donors (Lipinski definition) is 1. The molecular weight excluding hydrogens is 220 g/mol. The largest absolute Gasteiger partial charge is 0.508 e. The van der Waals surface area contributed by atoms with Crippen molar-refractivity contribution in [3.63, 3.8) is 0 Å². The Bertz CT molecular complexity index is 316. The third-order valence-electron chi connectivity index (χ3n) is 2.69. The van der Waals surface area contributed by atoms with Crippen molar-refractivity contribution in [1.29, 1.82) is 5.26 Å². The van der Waals surface area contributed by atoms with Gasteiger partial charge in [0.1, 0.15) is 0 Å². The minimum Gasteiger partial charge on any atom is -0.435 e. The van der Waals surface area contributed by atoms with Crippen molar-refractivity contribution in [1.82, 2.24) is 5.32 Å². The normalized spacial score (nSPS) is 21.1. The average molecular weight is 238 g/mol. The van der Waals surface area contributed by atoms with Gasteiger partial charge in [-0.15, -0.1) is 0 Å². The van der Waals surface area contributed by atoms with Crippen molar-refractivity contribution in [2.75, 3.05) is 13.2 Å². The maximum absolute atomic E-state index is 11.3. The van der Waals surface area contributed by atoms with E-state index in [0.717, 1.165) is 25.8 Å². The number of hydrogen-bond acceptors (Lipinski definition) is 5. The number of nitrogens with zero attached hydrogens (tertiary/aromatic N) is 1. The number of rotatable bonds is 4. The molecule has 1 aliphatic rings. The Morgan fingerprint density at radius 3 is 2.94 bits per heavy atom. The molecule has 5 heteroatoms. The van der Waals surface area contributed by atoms with Crippen LogP contribution < -0.4 is 5.32 Å². The van der Waals surface area contributed by atoms with Crippen LogP contribution in [0.2, 0.25) is 0 Å². The summed E-state index contributed by atoms with van der Waals surface area (Å²) in [4.78, 5) is 11.3. The van der Waals surface area contributed by atoms with Crippen molar-refractivity contribution in [3.8, 4) is 6.07 Å². The van der Waals surface area contributed by atoms with E-state index < -0.39 is 12.3 Å². The van der Waals surface area contributed by atoms with Gasteiger partial charge in [-0.05, 0) is 26.3 Å². The minimum absolute atomic E-state index is 0.0414. The lowest BCUT2D eigenvalue weighted by atomic mass is 9.96. The Kier molecular flexibility index (Phi) is 5.50. The number of ether oxygens (including phenoxy) is 2. The standard InChI is InChI=1S/C12H18N2O3/c1-3-16-12(15)17-11(9(2)8-13)10-6-4-5-7-14-10/h10-11,14H,2-7H2,1H3. The lowest BCUT2D eigenvalue weighted by Gasteiger charge is -2.29. The number of carbonyl (C=O) groups excluding carboxylic acids is 1. The van der Waals surface area contributed by atoms with Crippen LogP contribution in [-0.4, -0.2) is 31.5 Å². The molecule has 0 amide bonds. The molecule has 17 heavy (non-hydrogen) atoms. The summed E-state index contributed by atoms with van der Waals surface area (Å²) in [7, 11) is 0. The lowest BCUT2D eigenvalue weighted by molar-refractivity contribution is 0.0236. The Balaban J connectivity index is 2.63. The second-order valence-corrected chi connectivity index (χ2v) is 3.91. The van der Waals surface area contributed by atoms with Gasteiger partial charge in [0.05, 0.1) is 18.2 Å². The molecule has 0 aromatic rings. The summed E-state index contributed by atoms with van der Waals surface area (Å²) in [6.45, 7) is 6.45. The second-order valence-electron chi connectivity index (χ2n) is 3.91. The molecule has 1 saturated heterocycles. The van der Waals surface area contributed by atoms with E-state index in [-0.39, 0.29) is 18.2 Å². The first-order valence-electron chi connectivity index (χ1n) is 5.84. The first kappa shape index (κ1) is 13.5. The van der Waals surface area contributed by atoms with E-state index in [1.807, 2.05) is 6.07 Å². The highest BCUT2D eigenvalue weighted by molar-refractivity contribution is 5.60. The van der Waals surface area contributed by atoms with Crippen LogP contribution in [0.3, 0.4) is 0 Å². The molecule has 0 aliphatic carbocycles. The summed E-state index contributed by atoms with van der Waals surface area (Å²) in [5, 5.41) is 12.1. The number of nitrogens with one attached hydrogen (secondary N) is 1. The van der Waals surface area contributed by atoms with E-state index in [1.54, 1.807) is 6.92 Å². The van der Waals surface area contributed by atoms with Crippen molar-refractivity contribution in [2.24, 2.45) is 0 Å². The summed E-state index contributed by atoms with van der Waals surface area (Å²) in [6.07, 6.45) is 1.64. The predicted octanol–water partition coefficient (Wildman–Crippen LogP) is 1.75. The van der Waals surface area contributed by atoms with Gasteiger partial charge in [-0.3, -0.25) is 0 Å². The molecule has 1 N–H and O–H groups in total. The third-order valence-corrected chi connectivity index (χ3v) is 2.69. The fourth-order valence-electron chi connectivity index (χ4n) is 1.85. The van der Waals surface area contributed by atoms with Crippen molar-refractivity contribution < 1.29 is 14.3 Å². The van der Waals surface area contributed by atoms with Gasteiger partial charge in [0, 0.05) is 6.04 Å². The third kappa shape index (κ3) is 4.08. The van der Waals surface area contributed by atoms with Gasteiger partial charge in [-0.2, -0.15) is 5.26 Å². The summed E-state index contributed by atoms with van der Waals surface area (Å²) < 4.78 is 9.86. The zero-order valence-corrected chi connectivity index (χ0v) is 10.1. The minimum atomic E-state index is -0.749. The van der Waals surface area contributed by atoms with Crippen LogP contribution in [0, 0.1) is 11.3 Å². The maximum Gasteiger partial charge on any atom is 0.508 e. The quantitative estimate of drug-likeness (QED) is 0.596. The van der Waals surface area contributed by atoms with Gasteiger partial charge in [-0.25, -0.2) is 4.79 Å². The van der Waals surface area contributed by atoms with Crippen LogP contribution in [0.15, 0.2) is 12.2 Å². The Morgan fingerprint density at radius 1 is 1.65 bits per heavy atom. The average Bonchev–Trinajstić information content (AvgIpc) is 2.36. The van der Waals surface area contributed by atoms with E-state index in [1.165, 1.54) is 0 Å². The van der Waals surface area contributed by atoms with E-state index in [4.69, 9.17) is 14.7 Å². The van der Waals surface area contributed by atoms with Crippen LogP contribution in [0.4, 0.5) is 4.79 Å². The van der Waals surface area contributed by atoms with E-state index >= 15 is 0 Å². The summed E-state index contributed by atoms with van der Waals surface area (Å²) >= 11 is 0. The highest BCUT2D eigenvalue weighted by Crippen LogP contribution is 2.18. The summed E-state index contributed by atoms with van der Waals surface area (Å²) in [5.41, 5.74) is 0.248. The summed E-state index contributed by atoms with van der Waals surface area (Å²) in [6, 6.07) is 1.90. The van der Waals surface area contributed by atoms with Crippen LogP contribution in [0.1, 0.15) is 26.2 Å². The van der Waals surface area contributed by atoms with Gasteiger partial charge in [0.25, 0.3) is 0 Å². The zero-order valence-electron chi connectivity index (χ0n) is 10.1. The second kappa shape index (κ2) is 6.92.